The van der Waals surface area contributed by atoms with E-state index in [1.807, 2.05) is 0 Å². The number of nitrogens with one attached hydrogen (secondary N) is 1. The average molecular weight is 183 g/mol. The molecule has 0 spiro atoms. The number of rotatable bonds is 3. The monoisotopic (exact) mass is 182 g/mol. The predicted molar refractivity (Wildman–Crippen MR) is 46.2 cm³/mol. The van der Waals surface area contributed by atoms with Crippen LogP contribution in [0.15, 0.2) is 0 Å². The molecule has 0 aromatic rings. The van der Waals surface area contributed by atoms with Gasteiger partial charge < -0.3 is 16.2 Å². The van der Waals surface area contributed by atoms with Crippen molar-refractivity contribution in [2.24, 2.45) is 5.73 Å². The topological polar surface area (TPSA) is 75.3 Å². The zero-order valence-corrected chi connectivity index (χ0v) is 7.57. The maximum absolute atomic E-state index is 10.1. The second kappa shape index (κ2) is 5.21. The van der Waals surface area contributed by atoms with Crippen LogP contribution in [0.4, 0.5) is 4.79 Å². The van der Waals surface area contributed by atoms with Crippen molar-refractivity contribution in [3.8, 4) is 0 Å². The Morgan fingerprint density at radius 3 is 2.36 bits per heavy atom. The summed E-state index contributed by atoms with van der Waals surface area (Å²) in [5.74, 6) is 0. The van der Waals surface area contributed by atoms with E-state index in [2.05, 4.69) is 5.32 Å². The van der Waals surface area contributed by atoms with Crippen LogP contribution in [0.1, 0.15) is 20.3 Å². The number of carboxylic acid groups (broad SMARTS) is 1. The van der Waals surface area contributed by atoms with Crippen molar-refractivity contribution in [2.75, 3.05) is 6.54 Å². The molecule has 0 aliphatic rings. The van der Waals surface area contributed by atoms with Gasteiger partial charge in [0.05, 0.1) is 0 Å². The molecule has 0 saturated heterocycles. The van der Waals surface area contributed by atoms with Crippen LogP contribution in [0.5, 0.6) is 0 Å². The van der Waals surface area contributed by atoms with Crippen molar-refractivity contribution < 1.29 is 9.90 Å². The molecular formula is C6H15ClN2O2. The smallest absolute Gasteiger partial charge is 0.405 e. The van der Waals surface area contributed by atoms with Crippen molar-refractivity contribution in [2.45, 2.75) is 25.8 Å². The van der Waals surface area contributed by atoms with Gasteiger partial charge in [0.2, 0.25) is 0 Å². The Hall–Kier alpha value is -0.480. The Bertz CT molecular complexity index is 128. The summed E-state index contributed by atoms with van der Waals surface area (Å²) in [5.41, 5.74) is 4.86. The predicted octanol–water partition coefficient (Wildman–Crippen LogP) is 0.803. The average Bonchev–Trinajstić information content (AvgIpc) is 1.59. The van der Waals surface area contributed by atoms with Crippen LogP contribution >= 0.6 is 12.4 Å². The molecule has 0 radical (unpaired) electrons. The minimum Gasteiger partial charge on any atom is -0.465 e. The third-order valence-corrected chi connectivity index (χ3v) is 1.21. The van der Waals surface area contributed by atoms with Gasteiger partial charge in [0.1, 0.15) is 0 Å². The van der Waals surface area contributed by atoms with Crippen LogP contribution < -0.4 is 11.1 Å². The summed E-state index contributed by atoms with van der Waals surface area (Å²) in [5, 5.41) is 10.7. The third kappa shape index (κ3) is 7.42. The van der Waals surface area contributed by atoms with Crippen LogP contribution in [0.2, 0.25) is 0 Å². The minimum atomic E-state index is -1.00. The number of amides is 1. The van der Waals surface area contributed by atoms with E-state index in [4.69, 9.17) is 10.8 Å². The van der Waals surface area contributed by atoms with Crippen molar-refractivity contribution >= 4 is 18.5 Å². The van der Waals surface area contributed by atoms with Crippen molar-refractivity contribution in [3.05, 3.63) is 0 Å². The molecule has 5 heteroatoms. The van der Waals surface area contributed by atoms with Gasteiger partial charge in [-0.15, -0.1) is 12.4 Å². The molecule has 0 heterocycles. The molecule has 0 aliphatic carbocycles. The number of nitrogens with two attached hydrogens (primary N) is 1. The molecule has 68 valence electrons. The van der Waals surface area contributed by atoms with Gasteiger partial charge >= 0.3 is 6.09 Å². The number of hydrogen-bond donors (Lipinski definition) is 3. The minimum absolute atomic E-state index is 0. The molecule has 0 aromatic carbocycles. The molecule has 4 nitrogen and oxygen atoms in total. The lowest BCUT2D eigenvalue weighted by Gasteiger charge is -2.23. The summed E-state index contributed by atoms with van der Waals surface area (Å²) in [6.45, 7) is 4.09. The first-order valence-corrected chi connectivity index (χ1v) is 3.19. The van der Waals surface area contributed by atoms with E-state index >= 15 is 0 Å². The van der Waals surface area contributed by atoms with E-state index in [1.54, 1.807) is 13.8 Å². The standard InChI is InChI=1S/C6H14N2O2.ClH/c1-6(2,3-4-7)8-5(9)10;/h8H,3-4,7H2,1-2H3,(H,9,10);1H. The lowest BCUT2D eigenvalue weighted by Crippen LogP contribution is -2.43. The first-order valence-electron chi connectivity index (χ1n) is 3.19. The lowest BCUT2D eigenvalue weighted by atomic mass is 10.0. The molecule has 0 aliphatic heterocycles. The zero-order valence-electron chi connectivity index (χ0n) is 6.76. The summed E-state index contributed by atoms with van der Waals surface area (Å²) in [6, 6.07) is 0. The van der Waals surface area contributed by atoms with Gasteiger partial charge in [-0.2, -0.15) is 0 Å². The summed E-state index contributed by atoms with van der Waals surface area (Å²) in [6.07, 6.45) is -0.349. The first-order chi connectivity index (χ1) is 4.48. The Morgan fingerprint density at radius 2 is 2.09 bits per heavy atom. The van der Waals surface area contributed by atoms with Gasteiger partial charge in [-0.25, -0.2) is 4.79 Å². The highest BCUT2D eigenvalue weighted by Gasteiger charge is 2.17. The van der Waals surface area contributed by atoms with Gasteiger partial charge in [0, 0.05) is 5.54 Å². The van der Waals surface area contributed by atoms with Crippen LogP contribution in [0, 0.1) is 0 Å². The molecule has 4 N–H and O–H groups in total. The Balaban J connectivity index is 0. The second-order valence-electron chi connectivity index (χ2n) is 2.85. The molecular weight excluding hydrogens is 168 g/mol. The fourth-order valence-corrected chi connectivity index (χ4v) is 0.713. The van der Waals surface area contributed by atoms with Crippen molar-refractivity contribution in [1.82, 2.24) is 5.32 Å². The molecule has 11 heavy (non-hydrogen) atoms. The fraction of sp³-hybridized carbons (Fsp3) is 0.833. The molecule has 0 aromatic heterocycles. The zero-order chi connectivity index (χ0) is 8.20. The molecule has 0 saturated carbocycles. The second-order valence-corrected chi connectivity index (χ2v) is 2.85. The molecule has 0 unspecified atom stereocenters. The molecule has 0 atom stereocenters. The highest BCUT2D eigenvalue weighted by atomic mass is 35.5. The van der Waals surface area contributed by atoms with Crippen LogP contribution in [-0.2, 0) is 0 Å². The first kappa shape index (κ1) is 13.1. The van der Waals surface area contributed by atoms with E-state index in [-0.39, 0.29) is 12.4 Å². The van der Waals surface area contributed by atoms with Gasteiger partial charge in [-0.3, -0.25) is 0 Å². The summed E-state index contributed by atoms with van der Waals surface area (Å²) in [7, 11) is 0. The van der Waals surface area contributed by atoms with Gasteiger partial charge in [-0.1, -0.05) is 0 Å². The lowest BCUT2D eigenvalue weighted by molar-refractivity contribution is 0.181. The van der Waals surface area contributed by atoms with E-state index in [0.717, 1.165) is 0 Å². The van der Waals surface area contributed by atoms with E-state index in [9.17, 15) is 4.79 Å². The van der Waals surface area contributed by atoms with E-state index in [0.29, 0.717) is 13.0 Å². The number of carbonyl (C=O) groups is 1. The molecule has 0 fully saturated rings. The number of hydrogen-bond acceptors (Lipinski definition) is 2. The Labute approximate surface area is 72.6 Å². The summed E-state index contributed by atoms with van der Waals surface area (Å²) >= 11 is 0. The van der Waals surface area contributed by atoms with Gasteiger partial charge in [-0.05, 0) is 26.8 Å². The largest absolute Gasteiger partial charge is 0.465 e. The molecule has 0 rings (SSSR count). The fourth-order valence-electron chi connectivity index (χ4n) is 0.713. The normalized spacial score (nSPS) is 10.1. The van der Waals surface area contributed by atoms with Crippen LogP contribution in [0.3, 0.4) is 0 Å². The van der Waals surface area contributed by atoms with Gasteiger partial charge in [0.15, 0.2) is 0 Å². The van der Waals surface area contributed by atoms with Crippen molar-refractivity contribution in [3.63, 3.8) is 0 Å². The molecule has 0 bridgehead atoms. The van der Waals surface area contributed by atoms with E-state index in [1.165, 1.54) is 0 Å². The SMILES string of the molecule is CC(C)(CCN)NC(=O)O.Cl. The van der Waals surface area contributed by atoms with Crippen LogP contribution in [0.25, 0.3) is 0 Å². The Kier molecular flexibility index (Phi) is 6.22. The highest BCUT2D eigenvalue weighted by molar-refractivity contribution is 5.85. The number of halogens is 1. The highest BCUT2D eigenvalue weighted by Crippen LogP contribution is 2.05. The van der Waals surface area contributed by atoms with Crippen molar-refractivity contribution in [1.29, 1.82) is 0 Å². The molecule has 1 amide bonds. The summed E-state index contributed by atoms with van der Waals surface area (Å²) < 4.78 is 0. The summed E-state index contributed by atoms with van der Waals surface area (Å²) in [4.78, 5) is 10.1. The van der Waals surface area contributed by atoms with Crippen LogP contribution in [-0.4, -0.2) is 23.3 Å². The Morgan fingerprint density at radius 1 is 1.64 bits per heavy atom. The third-order valence-electron chi connectivity index (χ3n) is 1.21. The quantitative estimate of drug-likeness (QED) is 0.605. The maximum Gasteiger partial charge on any atom is 0.405 e. The van der Waals surface area contributed by atoms with Gasteiger partial charge in [0.25, 0.3) is 0 Å². The van der Waals surface area contributed by atoms with E-state index < -0.39 is 11.6 Å². The maximum atomic E-state index is 10.1.